The first-order valence-corrected chi connectivity index (χ1v) is 9.94. The molecule has 0 saturated carbocycles. The maximum Gasteiger partial charge on any atom is 0.493 e. The van der Waals surface area contributed by atoms with E-state index < -0.39 is 18.5 Å². The summed E-state index contributed by atoms with van der Waals surface area (Å²) in [5.74, 6) is -0.306. The third-order valence-electron chi connectivity index (χ3n) is 3.09. The molecule has 0 radical (unpaired) electrons. The molecule has 0 amide bonds. The van der Waals surface area contributed by atoms with E-state index in [0.717, 1.165) is 5.56 Å². The van der Waals surface area contributed by atoms with Crippen molar-refractivity contribution < 1.29 is 23.2 Å². The van der Waals surface area contributed by atoms with Gasteiger partial charge in [0.15, 0.2) is 0 Å². The number of carbonyl (C=O) groups excluding carboxylic acids is 1. The number of hydroxylamine groups is 1. The van der Waals surface area contributed by atoms with Crippen LogP contribution in [-0.2, 0) is 25.3 Å². The lowest BCUT2D eigenvalue weighted by Gasteiger charge is -2.24. The topological polar surface area (TPSA) is 73.9 Å². The molecule has 0 aliphatic carbocycles. The van der Waals surface area contributed by atoms with Crippen LogP contribution in [0.25, 0.3) is 0 Å². The predicted octanol–water partition coefficient (Wildman–Crippen LogP) is 4.46. The van der Waals surface area contributed by atoms with E-state index in [-0.39, 0.29) is 12.4 Å². The molecule has 1 N–H and O–H groups in total. The van der Waals surface area contributed by atoms with Gasteiger partial charge in [0.1, 0.15) is 17.9 Å². The van der Waals surface area contributed by atoms with Crippen molar-refractivity contribution in [3.05, 3.63) is 66.2 Å². The molecule has 0 saturated heterocycles. The number of benzene rings is 2. The van der Waals surface area contributed by atoms with Gasteiger partial charge in [-0.3, -0.25) is 0 Å². The second-order valence-electron chi connectivity index (χ2n) is 5.72. The molecule has 2 aromatic rings. The number of halogens is 1. The minimum Gasteiger partial charge on any atom is -0.459 e. The lowest BCUT2D eigenvalue weighted by molar-refractivity contribution is -0.155. The van der Waals surface area contributed by atoms with E-state index >= 15 is 0 Å². The Morgan fingerprint density at radius 1 is 1.08 bits per heavy atom. The molecule has 0 spiro atoms. The molecule has 0 aromatic heterocycles. The van der Waals surface area contributed by atoms with E-state index in [4.69, 9.17) is 25.1 Å². The predicted molar refractivity (Wildman–Crippen MR) is 95.1 cm³/mol. The highest BCUT2D eigenvalue weighted by atomic mass is 35.7. The van der Waals surface area contributed by atoms with E-state index in [1.807, 2.05) is 30.3 Å². The van der Waals surface area contributed by atoms with Gasteiger partial charge in [-0.1, -0.05) is 48.5 Å². The van der Waals surface area contributed by atoms with Crippen molar-refractivity contribution in [2.45, 2.75) is 26.0 Å². The van der Waals surface area contributed by atoms with Crippen molar-refractivity contribution in [1.82, 2.24) is 5.48 Å². The molecule has 25 heavy (non-hydrogen) atoms. The first-order chi connectivity index (χ1) is 11.8. The number of nitrogens with one attached hydrogen (secondary N) is 1. The summed E-state index contributed by atoms with van der Waals surface area (Å²) in [7, 11) is 0. The van der Waals surface area contributed by atoms with Crippen molar-refractivity contribution in [2.24, 2.45) is 0 Å². The number of ether oxygens (including phenoxy) is 1. The lowest BCUT2D eigenvalue weighted by atomic mass is 10.1. The summed E-state index contributed by atoms with van der Waals surface area (Å²) in [5, 5.41) is 0. The first-order valence-electron chi connectivity index (χ1n) is 7.50. The van der Waals surface area contributed by atoms with Crippen LogP contribution in [0, 0.1) is 0 Å². The van der Waals surface area contributed by atoms with Crippen LogP contribution in [0.5, 0.6) is 5.75 Å². The number of hydrogen-bond acceptors (Lipinski definition) is 6. The zero-order chi connectivity index (χ0) is 18.3. The molecular formula is C17H19ClNO5P. The zero-order valence-electron chi connectivity index (χ0n) is 13.8. The summed E-state index contributed by atoms with van der Waals surface area (Å²) in [6.45, 7) is -0.832. The zero-order valence-corrected chi connectivity index (χ0v) is 15.5. The Kier molecular flexibility index (Phi) is 6.62. The Morgan fingerprint density at radius 3 is 2.24 bits per heavy atom. The Bertz CT molecular complexity index is 739. The van der Waals surface area contributed by atoms with Crippen LogP contribution >= 0.6 is 18.2 Å². The highest BCUT2D eigenvalue weighted by molar-refractivity contribution is 7.81. The summed E-state index contributed by atoms with van der Waals surface area (Å²) in [6.07, 6.45) is 0. The molecular weight excluding hydrogens is 365 g/mol. The van der Waals surface area contributed by atoms with E-state index in [0.29, 0.717) is 0 Å². The maximum atomic E-state index is 12.2. The molecule has 6 nitrogen and oxygen atoms in total. The van der Waals surface area contributed by atoms with Gasteiger partial charge in [0.25, 0.3) is 0 Å². The second-order valence-corrected chi connectivity index (χ2v) is 8.18. The molecule has 1 atom stereocenters. The summed E-state index contributed by atoms with van der Waals surface area (Å²) in [4.78, 5) is 12.2. The minimum atomic E-state index is -3.97. The SMILES string of the molecule is CC(C)(NOP(=O)(Cl)Oc1ccccc1)C(=O)OCc1ccccc1. The van der Waals surface area contributed by atoms with Crippen molar-refractivity contribution in [3.8, 4) is 5.75 Å². The number of esters is 1. The van der Waals surface area contributed by atoms with Crippen LogP contribution in [0.2, 0.25) is 0 Å². The third kappa shape index (κ3) is 6.52. The summed E-state index contributed by atoms with van der Waals surface area (Å²) >= 11 is 5.75. The van der Waals surface area contributed by atoms with Crippen LogP contribution < -0.4 is 10.0 Å². The first kappa shape index (κ1) is 19.5. The van der Waals surface area contributed by atoms with Crippen LogP contribution in [-0.4, -0.2) is 11.5 Å². The van der Waals surface area contributed by atoms with E-state index in [9.17, 15) is 9.36 Å². The molecule has 1 unspecified atom stereocenters. The highest BCUT2D eigenvalue weighted by Gasteiger charge is 2.34. The van der Waals surface area contributed by atoms with Crippen molar-refractivity contribution in [2.75, 3.05) is 0 Å². The summed E-state index contributed by atoms with van der Waals surface area (Å²) in [5.41, 5.74) is 1.93. The fourth-order valence-electron chi connectivity index (χ4n) is 1.74. The van der Waals surface area contributed by atoms with Crippen LogP contribution in [0.3, 0.4) is 0 Å². The Morgan fingerprint density at radius 2 is 1.64 bits per heavy atom. The average molecular weight is 384 g/mol. The highest BCUT2D eigenvalue weighted by Crippen LogP contribution is 2.52. The average Bonchev–Trinajstić information content (AvgIpc) is 2.59. The largest absolute Gasteiger partial charge is 0.493 e. The smallest absolute Gasteiger partial charge is 0.459 e. The Hall–Kier alpha value is -1.85. The van der Waals surface area contributed by atoms with Gasteiger partial charge in [-0.15, -0.1) is 0 Å². The molecule has 8 heteroatoms. The van der Waals surface area contributed by atoms with Crippen molar-refractivity contribution in [3.63, 3.8) is 0 Å². The number of hydrogen-bond donors (Lipinski definition) is 1. The second kappa shape index (κ2) is 8.50. The molecule has 2 aromatic carbocycles. The molecule has 2 rings (SSSR count). The molecule has 0 aliphatic heterocycles. The standard InChI is InChI=1S/C17H19ClNO5P/c1-17(2,16(20)22-13-14-9-5-3-6-10-14)19-24-25(18,21)23-15-11-7-4-8-12-15/h3-12,19H,13H2,1-2H3. The molecule has 0 aliphatic rings. The number of carbonyl (C=O) groups is 1. The van der Waals surface area contributed by atoms with E-state index in [1.165, 1.54) is 13.8 Å². The Labute approximate surface area is 151 Å². The maximum absolute atomic E-state index is 12.2. The van der Waals surface area contributed by atoms with Crippen LogP contribution in [0.15, 0.2) is 60.7 Å². The summed E-state index contributed by atoms with van der Waals surface area (Å²) < 4.78 is 27.4. The Balaban J connectivity index is 1.86. The molecule has 0 bridgehead atoms. The molecule has 0 fully saturated rings. The third-order valence-corrected chi connectivity index (χ3v) is 4.24. The van der Waals surface area contributed by atoms with Gasteiger partial charge >= 0.3 is 12.9 Å². The van der Waals surface area contributed by atoms with Gasteiger partial charge < -0.3 is 9.26 Å². The number of rotatable bonds is 8. The van der Waals surface area contributed by atoms with Gasteiger partial charge in [-0.25, -0.2) is 9.36 Å². The van der Waals surface area contributed by atoms with Crippen LogP contribution in [0.1, 0.15) is 19.4 Å². The van der Waals surface area contributed by atoms with Crippen LogP contribution in [0.4, 0.5) is 0 Å². The van der Waals surface area contributed by atoms with E-state index in [1.54, 1.807) is 30.3 Å². The fraction of sp³-hybridized carbons (Fsp3) is 0.235. The van der Waals surface area contributed by atoms with Crippen molar-refractivity contribution in [1.29, 1.82) is 0 Å². The quantitative estimate of drug-likeness (QED) is 0.412. The van der Waals surface area contributed by atoms with Gasteiger partial charge in [-0.2, -0.15) is 10.1 Å². The fourth-order valence-corrected chi connectivity index (χ4v) is 2.83. The monoisotopic (exact) mass is 383 g/mol. The minimum absolute atomic E-state index is 0.115. The molecule has 0 heterocycles. The summed E-state index contributed by atoms with van der Waals surface area (Å²) in [6, 6.07) is 17.6. The lowest BCUT2D eigenvalue weighted by Crippen LogP contribution is -2.47. The van der Waals surface area contributed by atoms with Gasteiger partial charge in [0, 0.05) is 11.2 Å². The molecule has 134 valence electrons. The van der Waals surface area contributed by atoms with Gasteiger partial charge in [-0.05, 0) is 31.5 Å². The number of para-hydroxylation sites is 1. The van der Waals surface area contributed by atoms with Crippen molar-refractivity contribution >= 4 is 24.2 Å². The normalized spacial score (nSPS) is 13.7. The van der Waals surface area contributed by atoms with Gasteiger partial charge in [0.2, 0.25) is 0 Å². The van der Waals surface area contributed by atoms with E-state index in [2.05, 4.69) is 5.48 Å². The van der Waals surface area contributed by atoms with Gasteiger partial charge in [0.05, 0.1) is 0 Å².